The van der Waals surface area contributed by atoms with Crippen molar-refractivity contribution in [3.8, 4) is 55.6 Å². The highest BCUT2D eigenvalue weighted by molar-refractivity contribution is 9.10. The minimum Gasteiger partial charge on any atom is -0.309 e. The van der Waals surface area contributed by atoms with Crippen LogP contribution >= 0.6 is 31.9 Å². The summed E-state index contributed by atoms with van der Waals surface area (Å²) in [6, 6.07) is -15.8. The molecular weight excluding hydrogens is 908 g/mol. The van der Waals surface area contributed by atoms with Crippen LogP contribution in [-0.2, 0) is 0 Å². The van der Waals surface area contributed by atoms with Gasteiger partial charge in [0.25, 0.3) is 0 Å². The Hall–Kier alpha value is -7.24. The summed E-state index contributed by atoms with van der Waals surface area (Å²) in [5.74, 6) is 0. The third-order valence-electron chi connectivity index (χ3n) is 9.48. The summed E-state index contributed by atoms with van der Waals surface area (Å²) >= 11 is 6.94. The molecule has 0 N–H and O–H groups in total. The molecule has 0 heterocycles. The van der Waals surface area contributed by atoms with Gasteiger partial charge in [0.1, 0.15) is 0 Å². The van der Waals surface area contributed by atoms with Crippen molar-refractivity contribution in [3.63, 3.8) is 0 Å². The fourth-order valence-corrected chi connectivity index (χ4v) is 7.68. The van der Waals surface area contributed by atoms with Crippen molar-refractivity contribution in [2.24, 2.45) is 0 Å². The maximum Gasteiger partial charge on any atom is 0.0630 e. The van der Waals surface area contributed by atoms with E-state index in [0.717, 1.165) is 21.9 Å². The minimum absolute atomic E-state index is 0.170. The second kappa shape index (κ2) is 18.6. The first kappa shape index (κ1) is 18.8. The predicted molar refractivity (Wildman–Crippen MR) is 278 cm³/mol. The largest absolute Gasteiger partial charge is 0.309 e. The van der Waals surface area contributed by atoms with Gasteiger partial charge >= 0.3 is 0 Å². The van der Waals surface area contributed by atoms with E-state index >= 15 is 0 Å². The highest BCUT2D eigenvalue weighted by atomic mass is 79.9. The van der Waals surface area contributed by atoms with Crippen molar-refractivity contribution in [3.05, 3.63) is 263 Å². The van der Waals surface area contributed by atoms with Gasteiger partial charge in [0.05, 0.1) is 53.9 Å². The molecule has 0 atom stereocenters. The molecule has 0 unspecified atom stereocenters. The standard InChI is InChI=1S/C60H42Br2N2/c61-49-30-16-32-51(40-49)63(59-55(44-22-8-2-9-23-44)34-18-35-56(59)45-24-10-3-11-25-45)53-38-48(43-20-6-1-7-21-43)39-54(42-53)64(52-33-17-31-50(62)41-52)60-57(46-26-12-4-13-27-46)36-19-37-58(60)47-28-14-5-15-29-47/h1-42H/i1D,2D,3D,4D,5D,6D,7D,8D,9D,10D,11D,12D,13D,14D,15D,18D,19D,20D,21D,22D,23D,24D,25D,26D,27D,28D,29D,34D,35D,36D,37D. The number of benzene rings is 10. The Balaban J connectivity index is 1.57. The molecule has 0 aliphatic rings. The van der Waals surface area contributed by atoms with E-state index in [2.05, 4.69) is 31.9 Å². The lowest BCUT2D eigenvalue weighted by atomic mass is 9.93. The van der Waals surface area contributed by atoms with Gasteiger partial charge in [-0.05, 0) is 88.0 Å². The van der Waals surface area contributed by atoms with Gasteiger partial charge in [-0.25, -0.2) is 0 Å². The molecule has 0 saturated carbocycles. The van der Waals surface area contributed by atoms with Crippen molar-refractivity contribution in [2.75, 3.05) is 9.80 Å². The summed E-state index contributed by atoms with van der Waals surface area (Å²) in [5.41, 5.74) is -10.4. The number of hydrogen-bond donors (Lipinski definition) is 0. The molecule has 10 rings (SSSR count). The molecule has 0 aliphatic heterocycles. The Labute approximate surface area is 436 Å². The van der Waals surface area contributed by atoms with Gasteiger partial charge in [-0.1, -0.05) is 231 Å². The van der Waals surface area contributed by atoms with Crippen molar-refractivity contribution >= 4 is 66.0 Å². The molecule has 64 heavy (non-hydrogen) atoms. The zero-order chi connectivity index (χ0) is 70.2. The average Bonchev–Trinajstić information content (AvgIpc) is 0.718. The van der Waals surface area contributed by atoms with Crippen LogP contribution in [0.5, 0.6) is 0 Å². The van der Waals surface area contributed by atoms with Crippen LogP contribution in [0, 0.1) is 0 Å². The lowest BCUT2D eigenvalue weighted by Gasteiger charge is -2.34. The fraction of sp³-hybridized carbons (Fsp3) is 0. The molecule has 0 saturated heterocycles. The van der Waals surface area contributed by atoms with Crippen LogP contribution in [0.25, 0.3) is 55.6 Å². The van der Waals surface area contributed by atoms with Gasteiger partial charge in [0, 0.05) is 53.9 Å². The Bertz CT molecular complexity index is 4430. The summed E-state index contributed by atoms with van der Waals surface area (Å²) in [7, 11) is 0. The fourth-order valence-electron chi connectivity index (χ4n) is 6.91. The van der Waals surface area contributed by atoms with E-state index in [1.807, 2.05) is 0 Å². The van der Waals surface area contributed by atoms with Crippen LogP contribution < -0.4 is 9.80 Å². The number of rotatable bonds is 11. The van der Waals surface area contributed by atoms with Crippen LogP contribution in [0.15, 0.2) is 263 Å². The molecule has 4 heteroatoms. The Morgan fingerprint density at radius 3 is 0.906 bits per heavy atom. The van der Waals surface area contributed by atoms with Crippen LogP contribution in [-0.4, -0.2) is 0 Å². The van der Waals surface area contributed by atoms with Crippen molar-refractivity contribution in [1.29, 1.82) is 0 Å². The summed E-state index contributed by atoms with van der Waals surface area (Å²) in [4.78, 5) is 2.17. The van der Waals surface area contributed by atoms with E-state index in [-0.39, 0.29) is 20.3 Å². The topological polar surface area (TPSA) is 6.48 Å². The smallest absolute Gasteiger partial charge is 0.0630 e. The Kier molecular flexibility index (Phi) is 5.48. The van der Waals surface area contributed by atoms with E-state index in [4.69, 9.17) is 20.6 Å². The van der Waals surface area contributed by atoms with E-state index in [0.29, 0.717) is 0 Å². The molecule has 10 aromatic carbocycles. The van der Waals surface area contributed by atoms with Crippen LogP contribution in [0.3, 0.4) is 0 Å². The first-order chi connectivity index (χ1) is 44.4. The van der Waals surface area contributed by atoms with Gasteiger partial charge in [-0.15, -0.1) is 0 Å². The number of para-hydroxylation sites is 2. The summed E-state index contributed by atoms with van der Waals surface area (Å²) in [5, 5.41) is 0. The molecule has 0 aliphatic carbocycles. The first-order valence-electron chi connectivity index (χ1n) is 34.3. The lowest BCUT2D eigenvalue weighted by Crippen LogP contribution is -2.16. The van der Waals surface area contributed by atoms with Crippen LogP contribution in [0.1, 0.15) is 42.5 Å². The van der Waals surface area contributed by atoms with E-state index in [9.17, 15) is 21.9 Å². The van der Waals surface area contributed by atoms with Crippen molar-refractivity contribution in [1.82, 2.24) is 0 Å². The number of anilines is 6. The zero-order valence-electron chi connectivity index (χ0n) is 63.5. The van der Waals surface area contributed by atoms with Gasteiger partial charge in [0.15, 0.2) is 0 Å². The number of hydrogen-bond acceptors (Lipinski definition) is 2. The van der Waals surface area contributed by atoms with Crippen LogP contribution in [0.2, 0.25) is 0 Å². The van der Waals surface area contributed by atoms with Gasteiger partial charge in [-0.3, -0.25) is 0 Å². The van der Waals surface area contributed by atoms with Gasteiger partial charge in [-0.2, -0.15) is 0 Å². The maximum absolute atomic E-state index is 9.84. The second-order valence-corrected chi connectivity index (χ2v) is 15.1. The quantitative estimate of drug-likeness (QED) is 0.127. The number of halogens is 2. The average molecular weight is 982 g/mol. The predicted octanol–water partition coefficient (Wildman–Crippen LogP) is 18.5. The molecular formula is C60H42Br2N2. The third-order valence-corrected chi connectivity index (χ3v) is 10.5. The van der Waals surface area contributed by atoms with E-state index < -0.39 is 266 Å². The summed E-state index contributed by atoms with van der Waals surface area (Å²) in [6.07, 6.45) is 0. The highest BCUT2D eigenvalue weighted by Gasteiger charge is 2.27. The molecule has 0 bridgehead atoms. The first-order valence-corrected chi connectivity index (χ1v) is 20.4. The molecule has 0 fully saturated rings. The van der Waals surface area contributed by atoms with Crippen molar-refractivity contribution < 1.29 is 42.5 Å². The molecule has 306 valence electrons. The van der Waals surface area contributed by atoms with E-state index in [1.165, 1.54) is 54.6 Å². The highest BCUT2D eigenvalue weighted by Crippen LogP contribution is 2.52. The summed E-state index contributed by atoms with van der Waals surface area (Å²) < 4.78 is 285. The lowest BCUT2D eigenvalue weighted by molar-refractivity contribution is 1.25. The van der Waals surface area contributed by atoms with E-state index in [1.54, 1.807) is 0 Å². The number of nitrogens with zero attached hydrogens (tertiary/aromatic N) is 2. The Morgan fingerprint density at radius 1 is 0.281 bits per heavy atom. The zero-order valence-corrected chi connectivity index (χ0v) is 35.7. The third kappa shape index (κ3) is 8.46. The van der Waals surface area contributed by atoms with Crippen LogP contribution in [0.4, 0.5) is 34.1 Å². The minimum atomic E-state index is -1.07. The molecule has 0 spiro atoms. The van der Waals surface area contributed by atoms with Gasteiger partial charge in [0.2, 0.25) is 0 Å². The molecule has 0 radical (unpaired) electrons. The maximum atomic E-state index is 9.84. The molecule has 0 amide bonds. The normalized spacial score (nSPS) is 17.8. The second-order valence-electron chi connectivity index (χ2n) is 13.3. The monoisotopic (exact) mass is 979 g/mol. The SMILES string of the molecule is [2H]c1c([2H])c([2H])c(-c2cc(N(c3cccc(Br)c3)c3c(-c4c([2H])c([2H])c([2H])c([2H])c4[2H])c([2H])c([2H])c([2H])c3-c3c([2H])c([2H])c([2H])c([2H])c3[2H])cc(N(c3cccc(Br)c3)c3c(-c4c([2H])c([2H])c([2H])c([2H])c4[2H])c([2H])c([2H])c([2H])c3-c3c([2H])c([2H])c([2H])c([2H])c3[2H])c2)c([2H])c1[2H]. The molecule has 10 aromatic rings. The summed E-state index contributed by atoms with van der Waals surface area (Å²) in [6.45, 7) is 0. The van der Waals surface area contributed by atoms with Crippen molar-refractivity contribution in [2.45, 2.75) is 0 Å². The van der Waals surface area contributed by atoms with Gasteiger partial charge < -0.3 is 9.80 Å². The Morgan fingerprint density at radius 2 is 0.594 bits per heavy atom. The molecule has 0 aromatic heterocycles. The molecule has 2 nitrogen and oxygen atoms in total.